The normalized spacial score (nSPS) is 10.9. The minimum atomic E-state index is -0.149. The Hall–Kier alpha value is -2.55. The molecular formula is C19H21NO2. The Morgan fingerprint density at radius 3 is 2.41 bits per heavy atom. The number of hydrogen-bond donors (Lipinski definition) is 1. The van der Waals surface area contributed by atoms with Gasteiger partial charge >= 0.3 is 0 Å². The Kier molecular flexibility index (Phi) is 5.37. The highest BCUT2D eigenvalue weighted by Gasteiger charge is 2.08. The second-order valence-electron chi connectivity index (χ2n) is 5.38. The first-order chi connectivity index (χ1) is 10.6. The molecule has 3 heteroatoms. The van der Waals surface area contributed by atoms with Gasteiger partial charge in [0.1, 0.15) is 5.75 Å². The number of hydrogen-bond acceptors (Lipinski definition) is 2. The van der Waals surface area contributed by atoms with Gasteiger partial charge in [-0.25, -0.2) is 0 Å². The molecule has 0 atom stereocenters. The molecule has 0 bridgehead atoms. The summed E-state index contributed by atoms with van der Waals surface area (Å²) >= 11 is 0. The van der Waals surface area contributed by atoms with Crippen LogP contribution in [0.1, 0.15) is 29.8 Å². The van der Waals surface area contributed by atoms with E-state index in [1.165, 1.54) is 0 Å². The largest absolute Gasteiger partial charge is 0.495 e. The van der Waals surface area contributed by atoms with E-state index in [9.17, 15) is 4.79 Å². The van der Waals surface area contributed by atoms with Gasteiger partial charge in [0.2, 0.25) is 0 Å². The number of carbonyl (C=O) groups is 1. The van der Waals surface area contributed by atoms with Gasteiger partial charge < -0.3 is 10.1 Å². The van der Waals surface area contributed by atoms with Crippen LogP contribution in [0.3, 0.4) is 0 Å². The van der Waals surface area contributed by atoms with Crippen molar-refractivity contribution in [2.24, 2.45) is 5.92 Å². The van der Waals surface area contributed by atoms with Gasteiger partial charge in [-0.05, 0) is 35.7 Å². The van der Waals surface area contributed by atoms with Crippen molar-refractivity contribution in [1.82, 2.24) is 0 Å². The molecule has 0 aliphatic rings. The average Bonchev–Trinajstić information content (AvgIpc) is 2.54. The third kappa shape index (κ3) is 4.22. The van der Waals surface area contributed by atoms with E-state index < -0.39 is 0 Å². The third-order valence-corrected chi connectivity index (χ3v) is 3.20. The zero-order valence-corrected chi connectivity index (χ0v) is 13.2. The first-order valence-electron chi connectivity index (χ1n) is 7.33. The second kappa shape index (κ2) is 7.46. The molecule has 0 aliphatic heterocycles. The van der Waals surface area contributed by atoms with Crippen LogP contribution in [-0.2, 0) is 0 Å². The van der Waals surface area contributed by atoms with Crippen LogP contribution in [-0.4, -0.2) is 13.0 Å². The molecule has 0 radical (unpaired) electrons. The van der Waals surface area contributed by atoms with Crippen LogP contribution < -0.4 is 10.1 Å². The summed E-state index contributed by atoms with van der Waals surface area (Å²) in [6, 6.07) is 14.9. The molecule has 2 aromatic carbocycles. The molecule has 1 N–H and O–H groups in total. The lowest BCUT2D eigenvalue weighted by Crippen LogP contribution is -2.12. The maximum atomic E-state index is 12.3. The van der Waals surface area contributed by atoms with E-state index >= 15 is 0 Å². The summed E-state index contributed by atoms with van der Waals surface area (Å²) in [5.74, 6) is 1.00. The number of para-hydroxylation sites is 2. The number of carbonyl (C=O) groups excluding carboxylic acids is 1. The smallest absolute Gasteiger partial charge is 0.255 e. The van der Waals surface area contributed by atoms with E-state index in [1.54, 1.807) is 7.11 Å². The maximum Gasteiger partial charge on any atom is 0.255 e. The number of ether oxygens (including phenoxy) is 1. The minimum Gasteiger partial charge on any atom is -0.495 e. The predicted octanol–water partition coefficient (Wildman–Crippen LogP) is 4.62. The van der Waals surface area contributed by atoms with E-state index in [-0.39, 0.29) is 5.91 Å². The highest BCUT2D eigenvalue weighted by atomic mass is 16.5. The highest BCUT2D eigenvalue weighted by molar-refractivity contribution is 6.05. The minimum absolute atomic E-state index is 0.149. The summed E-state index contributed by atoms with van der Waals surface area (Å²) in [4.78, 5) is 12.3. The van der Waals surface area contributed by atoms with E-state index in [0.29, 0.717) is 22.9 Å². The molecule has 0 spiro atoms. The number of benzene rings is 2. The van der Waals surface area contributed by atoms with Crippen molar-refractivity contribution in [1.29, 1.82) is 0 Å². The van der Waals surface area contributed by atoms with Gasteiger partial charge in [0.05, 0.1) is 12.8 Å². The van der Waals surface area contributed by atoms with Crippen LogP contribution in [0.25, 0.3) is 6.08 Å². The summed E-state index contributed by atoms with van der Waals surface area (Å²) in [6.45, 7) is 4.26. The standard InChI is InChI=1S/C19H21NO2/c1-14(2)8-9-15-10-12-16(13-11-15)19(21)20-17-6-4-5-7-18(17)22-3/h4-14H,1-3H3,(H,20,21). The third-order valence-electron chi connectivity index (χ3n) is 3.20. The summed E-state index contributed by atoms with van der Waals surface area (Å²) < 4.78 is 5.23. The van der Waals surface area contributed by atoms with Gasteiger partial charge in [0.25, 0.3) is 5.91 Å². The zero-order chi connectivity index (χ0) is 15.9. The molecule has 0 heterocycles. The topological polar surface area (TPSA) is 38.3 Å². The number of allylic oxidation sites excluding steroid dienone is 1. The van der Waals surface area contributed by atoms with E-state index in [1.807, 2.05) is 48.5 Å². The SMILES string of the molecule is COc1ccccc1NC(=O)c1ccc(C=CC(C)C)cc1. The molecule has 114 valence electrons. The van der Waals surface area contributed by atoms with Crippen LogP contribution in [0.5, 0.6) is 5.75 Å². The fraction of sp³-hybridized carbons (Fsp3) is 0.211. The van der Waals surface area contributed by atoms with Crippen LogP contribution in [0.4, 0.5) is 5.69 Å². The fourth-order valence-electron chi connectivity index (χ4n) is 1.99. The van der Waals surface area contributed by atoms with E-state index in [0.717, 1.165) is 5.56 Å². The van der Waals surface area contributed by atoms with Crippen molar-refractivity contribution in [2.75, 3.05) is 12.4 Å². The number of amides is 1. The summed E-state index contributed by atoms with van der Waals surface area (Å²) in [7, 11) is 1.58. The molecule has 0 saturated carbocycles. The summed E-state index contributed by atoms with van der Waals surface area (Å²) in [6.07, 6.45) is 4.19. The number of anilines is 1. The van der Waals surface area contributed by atoms with Crippen molar-refractivity contribution < 1.29 is 9.53 Å². The molecule has 22 heavy (non-hydrogen) atoms. The molecule has 0 fully saturated rings. The molecule has 1 amide bonds. The van der Waals surface area contributed by atoms with E-state index in [4.69, 9.17) is 4.74 Å². The lowest BCUT2D eigenvalue weighted by molar-refractivity contribution is 0.102. The lowest BCUT2D eigenvalue weighted by atomic mass is 10.1. The Labute approximate surface area is 131 Å². The van der Waals surface area contributed by atoms with Crippen molar-refractivity contribution in [3.05, 3.63) is 65.7 Å². The zero-order valence-electron chi connectivity index (χ0n) is 13.2. The highest BCUT2D eigenvalue weighted by Crippen LogP contribution is 2.23. The fourth-order valence-corrected chi connectivity index (χ4v) is 1.99. The molecule has 3 nitrogen and oxygen atoms in total. The molecule has 0 unspecified atom stereocenters. The Balaban J connectivity index is 2.10. The monoisotopic (exact) mass is 295 g/mol. The van der Waals surface area contributed by atoms with Crippen LogP contribution in [0.2, 0.25) is 0 Å². The van der Waals surface area contributed by atoms with Gasteiger partial charge in [-0.3, -0.25) is 4.79 Å². The first kappa shape index (κ1) is 15.8. The van der Waals surface area contributed by atoms with Crippen molar-refractivity contribution in [3.63, 3.8) is 0 Å². The molecule has 2 rings (SSSR count). The van der Waals surface area contributed by atoms with Crippen LogP contribution in [0, 0.1) is 5.92 Å². The van der Waals surface area contributed by atoms with Crippen LogP contribution >= 0.6 is 0 Å². The van der Waals surface area contributed by atoms with Gasteiger partial charge in [0.15, 0.2) is 0 Å². The van der Waals surface area contributed by atoms with Gasteiger partial charge in [-0.15, -0.1) is 0 Å². The number of methoxy groups -OCH3 is 1. The molecular weight excluding hydrogens is 274 g/mol. The quantitative estimate of drug-likeness (QED) is 0.874. The summed E-state index contributed by atoms with van der Waals surface area (Å²) in [5, 5.41) is 2.87. The Morgan fingerprint density at radius 2 is 1.77 bits per heavy atom. The average molecular weight is 295 g/mol. The molecule has 0 saturated heterocycles. The summed E-state index contributed by atoms with van der Waals surface area (Å²) in [5.41, 5.74) is 2.37. The van der Waals surface area contributed by atoms with Gasteiger partial charge in [0, 0.05) is 5.56 Å². The van der Waals surface area contributed by atoms with E-state index in [2.05, 4.69) is 31.3 Å². The second-order valence-corrected chi connectivity index (χ2v) is 5.38. The first-order valence-corrected chi connectivity index (χ1v) is 7.33. The number of rotatable bonds is 5. The lowest BCUT2D eigenvalue weighted by Gasteiger charge is -2.09. The molecule has 0 aliphatic carbocycles. The molecule has 0 aromatic heterocycles. The van der Waals surface area contributed by atoms with Crippen molar-refractivity contribution in [2.45, 2.75) is 13.8 Å². The van der Waals surface area contributed by atoms with Crippen LogP contribution in [0.15, 0.2) is 54.6 Å². The predicted molar refractivity (Wildman–Crippen MR) is 91.3 cm³/mol. The maximum absolute atomic E-state index is 12.3. The van der Waals surface area contributed by atoms with Gasteiger partial charge in [-0.2, -0.15) is 0 Å². The molecule has 2 aromatic rings. The Morgan fingerprint density at radius 1 is 1.09 bits per heavy atom. The van der Waals surface area contributed by atoms with Crippen molar-refractivity contribution >= 4 is 17.7 Å². The van der Waals surface area contributed by atoms with Crippen molar-refractivity contribution in [3.8, 4) is 5.75 Å². The van der Waals surface area contributed by atoms with Gasteiger partial charge in [-0.1, -0.05) is 50.3 Å². The number of nitrogens with one attached hydrogen (secondary N) is 1. The Bertz CT molecular complexity index is 657.